The molecule has 1 aliphatic heterocycles. The molecule has 2 aromatic rings. The summed E-state index contributed by atoms with van der Waals surface area (Å²) in [4.78, 5) is 0. The normalized spacial score (nSPS) is 22.5. The van der Waals surface area contributed by atoms with Gasteiger partial charge < -0.3 is 23.4 Å². The molecule has 6 heteroatoms. The second kappa shape index (κ2) is 10.4. The van der Waals surface area contributed by atoms with Gasteiger partial charge in [-0.3, -0.25) is 0 Å². The van der Waals surface area contributed by atoms with E-state index in [9.17, 15) is 4.39 Å². The third-order valence-electron chi connectivity index (χ3n) is 3.80. The van der Waals surface area contributed by atoms with Gasteiger partial charge in [0.05, 0.1) is 26.1 Å². The average Bonchev–Trinajstić information content (AvgIpc) is 3.18. The highest BCUT2D eigenvalue weighted by Crippen LogP contribution is 2.29. The first-order valence-electron chi connectivity index (χ1n) is 8.79. The van der Waals surface area contributed by atoms with Gasteiger partial charge in [-0.05, 0) is 39.0 Å². The Kier molecular flexibility index (Phi) is 8.25. The Labute approximate surface area is 154 Å². The van der Waals surface area contributed by atoms with Crippen LogP contribution in [0.2, 0.25) is 0 Å². The van der Waals surface area contributed by atoms with Gasteiger partial charge in [0.1, 0.15) is 11.4 Å². The third-order valence-corrected chi connectivity index (χ3v) is 3.80. The Morgan fingerprint density at radius 1 is 1.08 bits per heavy atom. The quantitative estimate of drug-likeness (QED) is 0.754. The molecule has 3 rings (SSSR count). The van der Waals surface area contributed by atoms with E-state index in [0.717, 1.165) is 13.2 Å². The van der Waals surface area contributed by atoms with Crippen LogP contribution in [-0.4, -0.2) is 32.0 Å². The fraction of sp³-hybridized carbons (Fsp3) is 0.500. The second-order valence-electron chi connectivity index (χ2n) is 6.08. The zero-order valence-electron chi connectivity index (χ0n) is 15.6. The van der Waals surface area contributed by atoms with Gasteiger partial charge in [0.2, 0.25) is 6.29 Å². The lowest BCUT2D eigenvalue weighted by Gasteiger charge is -2.36. The van der Waals surface area contributed by atoms with E-state index in [1.54, 1.807) is 36.6 Å². The molecule has 1 fully saturated rings. The molecule has 0 atom stereocenters. The van der Waals surface area contributed by atoms with Gasteiger partial charge in [-0.25, -0.2) is 4.39 Å². The first-order valence-corrected chi connectivity index (χ1v) is 8.79. The number of benzene rings is 1. The molecule has 0 amide bonds. The van der Waals surface area contributed by atoms with Gasteiger partial charge in [0.25, 0.3) is 0 Å². The predicted octanol–water partition coefficient (Wildman–Crippen LogP) is 4.48. The minimum atomic E-state index is -0.606. The van der Waals surface area contributed by atoms with Gasteiger partial charge in [0.15, 0.2) is 5.76 Å². The lowest BCUT2D eigenvalue weighted by molar-refractivity contribution is -0.272. The van der Waals surface area contributed by atoms with Crippen molar-refractivity contribution in [2.45, 2.75) is 39.3 Å². The minimum absolute atomic E-state index is 0.182. The number of hydrogen-bond acceptors (Lipinski definition) is 5. The van der Waals surface area contributed by atoms with E-state index in [4.69, 9.17) is 23.4 Å². The maximum Gasteiger partial charge on any atom is 0.217 e. The van der Waals surface area contributed by atoms with Crippen LogP contribution < -0.4 is 0 Å². The Hall–Kier alpha value is -1.73. The zero-order valence-corrected chi connectivity index (χ0v) is 15.6. The topological polar surface area (TPSA) is 50.1 Å². The molecule has 5 nitrogen and oxygen atoms in total. The molecule has 1 aromatic carbocycles. The van der Waals surface area contributed by atoms with Crippen LogP contribution >= 0.6 is 0 Å². The third kappa shape index (κ3) is 6.21. The average molecular weight is 366 g/mol. The van der Waals surface area contributed by atoms with E-state index in [2.05, 4.69) is 0 Å². The SMILES string of the molecule is CC1(OCc2ccccc2F)COC(c2ccco2)OC1.CCOCC. The molecular formula is C20H27FO5. The van der Waals surface area contributed by atoms with Crippen molar-refractivity contribution in [1.82, 2.24) is 0 Å². The number of ether oxygens (including phenoxy) is 4. The Morgan fingerprint density at radius 2 is 1.77 bits per heavy atom. The van der Waals surface area contributed by atoms with Gasteiger partial charge in [0, 0.05) is 18.8 Å². The molecule has 0 spiro atoms. The lowest BCUT2D eigenvalue weighted by Crippen LogP contribution is -2.44. The van der Waals surface area contributed by atoms with Crippen LogP contribution in [-0.2, 0) is 25.6 Å². The largest absolute Gasteiger partial charge is 0.464 e. The molecule has 0 radical (unpaired) electrons. The monoisotopic (exact) mass is 366 g/mol. The fourth-order valence-corrected chi connectivity index (χ4v) is 2.34. The van der Waals surface area contributed by atoms with E-state index in [1.807, 2.05) is 20.8 Å². The van der Waals surface area contributed by atoms with E-state index < -0.39 is 11.9 Å². The number of furan rings is 1. The number of rotatable bonds is 6. The molecule has 0 bridgehead atoms. The van der Waals surface area contributed by atoms with Crippen LogP contribution in [0, 0.1) is 5.82 Å². The molecule has 26 heavy (non-hydrogen) atoms. The van der Waals surface area contributed by atoms with Crippen molar-refractivity contribution in [3.8, 4) is 0 Å². The van der Waals surface area contributed by atoms with Crippen molar-refractivity contribution in [3.05, 3.63) is 59.8 Å². The molecule has 1 aromatic heterocycles. The molecule has 144 valence electrons. The van der Waals surface area contributed by atoms with Gasteiger partial charge >= 0.3 is 0 Å². The number of hydrogen-bond donors (Lipinski definition) is 0. The van der Waals surface area contributed by atoms with Crippen LogP contribution in [0.1, 0.15) is 38.4 Å². The summed E-state index contributed by atoms with van der Waals surface area (Å²) in [5, 5.41) is 0. The maximum atomic E-state index is 13.6. The molecule has 0 saturated carbocycles. The standard InChI is InChI=1S/C16H17FO4.C4H10O/c1-16(21-9-12-5-2-3-6-13(12)17)10-19-15(20-11-16)14-7-4-8-18-14;1-3-5-4-2/h2-8,15H,9-11H2,1H3;3-4H2,1-2H3. The molecular weight excluding hydrogens is 339 g/mol. The van der Waals surface area contributed by atoms with Crippen LogP contribution in [0.25, 0.3) is 0 Å². The summed E-state index contributed by atoms with van der Waals surface area (Å²) in [6.07, 6.45) is 1.06. The molecule has 1 aliphatic rings. The smallest absolute Gasteiger partial charge is 0.217 e. The van der Waals surface area contributed by atoms with Crippen LogP contribution in [0.5, 0.6) is 0 Å². The minimum Gasteiger partial charge on any atom is -0.464 e. The second-order valence-corrected chi connectivity index (χ2v) is 6.08. The van der Waals surface area contributed by atoms with Crippen LogP contribution in [0.4, 0.5) is 4.39 Å². The van der Waals surface area contributed by atoms with Crippen LogP contribution in [0.3, 0.4) is 0 Å². The highest BCUT2D eigenvalue weighted by molar-refractivity contribution is 5.16. The lowest BCUT2D eigenvalue weighted by atomic mass is 10.1. The molecule has 0 unspecified atom stereocenters. The molecule has 0 aliphatic carbocycles. The van der Waals surface area contributed by atoms with Crippen molar-refractivity contribution in [1.29, 1.82) is 0 Å². The zero-order chi connectivity index (χ0) is 18.8. The summed E-state index contributed by atoms with van der Waals surface area (Å²) in [5.41, 5.74) is -0.0855. The highest BCUT2D eigenvalue weighted by Gasteiger charge is 2.35. The van der Waals surface area contributed by atoms with Crippen molar-refractivity contribution in [2.24, 2.45) is 0 Å². The van der Waals surface area contributed by atoms with E-state index in [1.165, 1.54) is 6.07 Å². The van der Waals surface area contributed by atoms with Crippen LogP contribution in [0.15, 0.2) is 47.1 Å². The summed E-state index contributed by atoms with van der Waals surface area (Å²) in [6.45, 7) is 8.44. The highest BCUT2D eigenvalue weighted by atomic mass is 19.1. The maximum absolute atomic E-state index is 13.6. The first-order chi connectivity index (χ1) is 12.6. The first kappa shape index (κ1) is 20.6. The summed E-state index contributed by atoms with van der Waals surface area (Å²) >= 11 is 0. The van der Waals surface area contributed by atoms with Gasteiger partial charge in [-0.2, -0.15) is 0 Å². The van der Waals surface area contributed by atoms with Gasteiger partial charge in [-0.15, -0.1) is 0 Å². The molecule has 0 N–H and O–H groups in total. The summed E-state index contributed by atoms with van der Waals surface area (Å²) in [5.74, 6) is 0.360. The Balaban J connectivity index is 0.000000431. The Bertz CT molecular complexity index is 619. The Morgan fingerprint density at radius 3 is 2.31 bits per heavy atom. The van der Waals surface area contributed by atoms with Crippen molar-refractivity contribution < 1.29 is 27.8 Å². The summed E-state index contributed by atoms with van der Waals surface area (Å²) in [6, 6.07) is 10.1. The van der Waals surface area contributed by atoms with Crippen molar-refractivity contribution >= 4 is 0 Å². The summed E-state index contributed by atoms with van der Waals surface area (Å²) < 4.78 is 40.7. The molecule has 1 saturated heterocycles. The molecule has 2 heterocycles. The van der Waals surface area contributed by atoms with Crippen molar-refractivity contribution in [2.75, 3.05) is 26.4 Å². The van der Waals surface area contributed by atoms with Crippen molar-refractivity contribution in [3.63, 3.8) is 0 Å². The van der Waals surface area contributed by atoms with Gasteiger partial charge in [-0.1, -0.05) is 18.2 Å². The predicted molar refractivity (Wildman–Crippen MR) is 95.1 cm³/mol. The number of halogens is 1. The van der Waals surface area contributed by atoms with E-state index in [-0.39, 0.29) is 12.4 Å². The summed E-state index contributed by atoms with van der Waals surface area (Å²) in [7, 11) is 0. The van der Waals surface area contributed by atoms with E-state index in [0.29, 0.717) is 24.5 Å². The van der Waals surface area contributed by atoms with E-state index >= 15 is 0 Å². The fourth-order valence-electron chi connectivity index (χ4n) is 2.34.